The molecule has 0 aliphatic heterocycles. The SMILES string of the molecule is COS(=O)(=O)CC1CCc2c(Oc3c(Cl)cc(-n4nc(C#N)c(=O)[nH]c4=O)cc3Cl)n[nH]c(=O)c21. The van der Waals surface area contributed by atoms with Gasteiger partial charge < -0.3 is 4.74 Å². The zero-order valence-corrected chi connectivity index (χ0v) is 20.0. The maximum atomic E-state index is 12.4. The van der Waals surface area contributed by atoms with E-state index in [0.29, 0.717) is 18.4 Å². The van der Waals surface area contributed by atoms with Crippen molar-refractivity contribution in [3.8, 4) is 23.4 Å². The average molecular weight is 541 g/mol. The first-order valence-corrected chi connectivity index (χ1v) is 12.1. The normalized spacial score (nSPS) is 15.0. The molecule has 35 heavy (non-hydrogen) atoms. The molecular weight excluding hydrogens is 527 g/mol. The Morgan fingerprint density at radius 1 is 1.23 bits per heavy atom. The lowest BCUT2D eigenvalue weighted by Crippen LogP contribution is -2.33. The Morgan fingerprint density at radius 3 is 2.54 bits per heavy atom. The van der Waals surface area contributed by atoms with Gasteiger partial charge in [0.05, 0.1) is 28.6 Å². The molecule has 182 valence electrons. The van der Waals surface area contributed by atoms with Crippen molar-refractivity contribution >= 4 is 33.3 Å². The third-order valence-electron chi connectivity index (χ3n) is 5.26. The number of nitrogens with zero attached hydrogens (tertiary/aromatic N) is 4. The molecule has 0 radical (unpaired) electrons. The molecule has 2 heterocycles. The fourth-order valence-corrected chi connectivity index (χ4v) is 5.21. The molecule has 0 saturated heterocycles. The van der Waals surface area contributed by atoms with Gasteiger partial charge in [0.2, 0.25) is 11.6 Å². The smallest absolute Gasteiger partial charge is 0.349 e. The van der Waals surface area contributed by atoms with E-state index >= 15 is 0 Å². The summed E-state index contributed by atoms with van der Waals surface area (Å²) in [4.78, 5) is 38.1. The van der Waals surface area contributed by atoms with Gasteiger partial charge in [0.1, 0.15) is 6.07 Å². The van der Waals surface area contributed by atoms with Gasteiger partial charge >= 0.3 is 5.69 Å². The molecule has 0 saturated carbocycles. The zero-order chi connectivity index (χ0) is 25.5. The number of H-pyrrole nitrogens is 2. The van der Waals surface area contributed by atoms with Crippen LogP contribution in [0.4, 0.5) is 0 Å². The highest BCUT2D eigenvalue weighted by Gasteiger charge is 2.33. The summed E-state index contributed by atoms with van der Waals surface area (Å²) < 4.78 is 34.8. The van der Waals surface area contributed by atoms with Gasteiger partial charge in [0.15, 0.2) is 5.75 Å². The lowest BCUT2D eigenvalue weighted by atomic mass is 10.1. The van der Waals surface area contributed by atoms with Gasteiger partial charge in [-0.15, -0.1) is 10.2 Å². The fraction of sp³-hybridized carbons (Fsp3) is 0.263. The summed E-state index contributed by atoms with van der Waals surface area (Å²) in [6.07, 6.45) is 0.665. The number of benzene rings is 1. The van der Waals surface area contributed by atoms with Crippen molar-refractivity contribution in [2.24, 2.45) is 0 Å². The van der Waals surface area contributed by atoms with Crippen LogP contribution < -0.4 is 21.5 Å². The van der Waals surface area contributed by atoms with E-state index in [0.717, 1.165) is 11.8 Å². The van der Waals surface area contributed by atoms with E-state index in [4.69, 9.17) is 33.2 Å². The molecule has 2 aromatic heterocycles. The van der Waals surface area contributed by atoms with Crippen LogP contribution in [0.5, 0.6) is 11.6 Å². The number of halogens is 2. The molecule has 1 atom stereocenters. The molecule has 3 aromatic rings. The second kappa shape index (κ2) is 9.27. The first kappa shape index (κ1) is 24.6. The van der Waals surface area contributed by atoms with Crippen molar-refractivity contribution in [3.05, 3.63) is 70.2 Å². The fourth-order valence-electron chi connectivity index (χ4n) is 3.69. The Labute approximate surface area is 206 Å². The van der Waals surface area contributed by atoms with Gasteiger partial charge in [-0.25, -0.2) is 9.89 Å². The van der Waals surface area contributed by atoms with Gasteiger partial charge in [0.25, 0.3) is 21.2 Å². The van der Waals surface area contributed by atoms with Crippen molar-refractivity contribution in [3.63, 3.8) is 0 Å². The monoisotopic (exact) mass is 540 g/mol. The highest BCUT2D eigenvalue weighted by molar-refractivity contribution is 7.86. The van der Waals surface area contributed by atoms with Crippen LogP contribution in [0.1, 0.15) is 29.2 Å². The van der Waals surface area contributed by atoms with Gasteiger partial charge in [-0.05, 0) is 25.0 Å². The summed E-state index contributed by atoms with van der Waals surface area (Å²) in [7, 11) is -2.78. The Balaban J connectivity index is 1.73. The zero-order valence-electron chi connectivity index (χ0n) is 17.7. The maximum Gasteiger partial charge on any atom is 0.349 e. The summed E-state index contributed by atoms with van der Waals surface area (Å²) in [5.41, 5.74) is -2.31. The molecule has 0 spiro atoms. The van der Waals surface area contributed by atoms with Crippen LogP contribution in [0, 0.1) is 11.3 Å². The maximum absolute atomic E-state index is 12.4. The minimum atomic E-state index is -3.82. The average Bonchev–Trinajstić information content (AvgIpc) is 3.21. The Kier molecular flexibility index (Phi) is 6.52. The Hall–Kier alpha value is -3.51. The first-order chi connectivity index (χ1) is 16.5. The van der Waals surface area contributed by atoms with Crippen LogP contribution in [-0.4, -0.2) is 46.2 Å². The number of rotatable bonds is 6. The van der Waals surface area contributed by atoms with E-state index in [-0.39, 0.29) is 38.7 Å². The topological polar surface area (TPSA) is 190 Å². The van der Waals surface area contributed by atoms with Crippen molar-refractivity contribution in [2.75, 3.05) is 12.9 Å². The van der Waals surface area contributed by atoms with Crippen LogP contribution in [0.2, 0.25) is 10.0 Å². The van der Waals surface area contributed by atoms with Crippen LogP contribution in [-0.2, 0) is 20.7 Å². The van der Waals surface area contributed by atoms with E-state index in [9.17, 15) is 22.8 Å². The standard InChI is InChI=1S/C19H14Cl2N6O7S/c1-33-35(31,32)7-8-2-3-10-14(8)17(29)24-25-18(10)34-15-11(20)4-9(5-12(15)21)27-19(30)23-16(28)13(6-22)26-27/h4-5,8H,2-3,7H2,1H3,(H,24,29)(H,23,28,30). The second-order valence-electron chi connectivity index (χ2n) is 7.35. The summed E-state index contributed by atoms with van der Waals surface area (Å²) >= 11 is 12.6. The van der Waals surface area contributed by atoms with E-state index in [2.05, 4.69) is 19.5 Å². The molecule has 1 aliphatic carbocycles. The number of aromatic amines is 2. The Morgan fingerprint density at radius 2 is 1.91 bits per heavy atom. The number of ether oxygens (including phenoxy) is 1. The van der Waals surface area contributed by atoms with Crippen LogP contribution in [0.25, 0.3) is 5.69 Å². The van der Waals surface area contributed by atoms with Crippen molar-refractivity contribution in [1.82, 2.24) is 25.0 Å². The summed E-state index contributed by atoms with van der Waals surface area (Å²) in [6, 6.07) is 4.09. The molecule has 2 N–H and O–H groups in total. The van der Waals surface area contributed by atoms with Crippen molar-refractivity contribution in [1.29, 1.82) is 5.26 Å². The van der Waals surface area contributed by atoms with E-state index in [1.165, 1.54) is 12.1 Å². The minimum absolute atomic E-state index is 0.0282. The summed E-state index contributed by atoms with van der Waals surface area (Å²) in [5, 5.41) is 18.7. The Bertz CT molecular complexity index is 1650. The molecule has 0 amide bonds. The molecule has 1 aliphatic rings. The first-order valence-electron chi connectivity index (χ1n) is 9.75. The van der Waals surface area contributed by atoms with E-state index in [1.54, 1.807) is 6.07 Å². The minimum Gasteiger partial charge on any atom is -0.434 e. The summed E-state index contributed by atoms with van der Waals surface area (Å²) in [5.74, 6) is -1.10. The highest BCUT2D eigenvalue weighted by atomic mass is 35.5. The van der Waals surface area contributed by atoms with Crippen LogP contribution >= 0.6 is 23.2 Å². The molecule has 0 fully saturated rings. The van der Waals surface area contributed by atoms with Gasteiger partial charge in [-0.2, -0.15) is 18.4 Å². The molecular formula is C19H14Cl2N6O7S. The molecule has 13 nitrogen and oxygen atoms in total. The second-order valence-corrected chi connectivity index (χ2v) is 9.95. The number of aromatic nitrogens is 5. The number of nitrogens with one attached hydrogen (secondary N) is 2. The molecule has 0 bridgehead atoms. The molecule has 16 heteroatoms. The number of hydrogen-bond acceptors (Lipinski definition) is 10. The molecule has 1 unspecified atom stereocenters. The quantitative estimate of drug-likeness (QED) is 0.426. The number of nitriles is 1. The van der Waals surface area contributed by atoms with Crippen molar-refractivity contribution < 1.29 is 17.3 Å². The third-order valence-corrected chi connectivity index (χ3v) is 7.14. The van der Waals surface area contributed by atoms with E-state index in [1.807, 2.05) is 4.98 Å². The summed E-state index contributed by atoms with van der Waals surface area (Å²) in [6.45, 7) is 0. The predicted molar refractivity (Wildman–Crippen MR) is 122 cm³/mol. The van der Waals surface area contributed by atoms with Crippen molar-refractivity contribution in [2.45, 2.75) is 18.8 Å². The largest absolute Gasteiger partial charge is 0.434 e. The lowest BCUT2D eigenvalue weighted by molar-refractivity contribution is 0.394. The predicted octanol–water partition coefficient (Wildman–Crippen LogP) is 0.981. The number of hydrogen-bond donors (Lipinski definition) is 2. The van der Waals surface area contributed by atoms with Crippen LogP contribution in [0.3, 0.4) is 0 Å². The van der Waals surface area contributed by atoms with E-state index < -0.39 is 38.5 Å². The molecule has 1 aromatic carbocycles. The number of fused-ring (bicyclic) bond motifs is 1. The van der Waals surface area contributed by atoms with Crippen LogP contribution in [0.15, 0.2) is 26.5 Å². The molecule has 4 rings (SSSR count). The van der Waals surface area contributed by atoms with Gasteiger partial charge in [-0.1, -0.05) is 23.2 Å². The van der Waals surface area contributed by atoms with Gasteiger partial charge in [-0.3, -0.25) is 18.8 Å². The van der Waals surface area contributed by atoms with Gasteiger partial charge in [0, 0.05) is 17.0 Å². The third kappa shape index (κ3) is 4.71. The lowest BCUT2D eigenvalue weighted by Gasteiger charge is -2.14. The highest BCUT2D eigenvalue weighted by Crippen LogP contribution is 2.41.